The van der Waals surface area contributed by atoms with Crippen molar-refractivity contribution in [1.29, 1.82) is 0 Å². The molecule has 7 heteroatoms. The highest BCUT2D eigenvalue weighted by Crippen LogP contribution is 1.84. The van der Waals surface area contributed by atoms with Crippen molar-refractivity contribution < 1.29 is 14.2 Å². The fourth-order valence-corrected chi connectivity index (χ4v) is 0.913. The molecule has 0 aromatic heterocycles. The van der Waals surface area contributed by atoms with Crippen molar-refractivity contribution >= 4 is 24.8 Å². The molecule has 0 heterocycles. The number of hydrogen-bond donors (Lipinski definition) is 2. The minimum Gasteiger partial charge on any atom is -0.379 e. The van der Waals surface area contributed by atoms with E-state index in [2.05, 4.69) is 0 Å². The van der Waals surface area contributed by atoms with E-state index < -0.39 is 0 Å². The molecule has 0 unspecified atom stereocenters. The van der Waals surface area contributed by atoms with Crippen molar-refractivity contribution in [1.82, 2.24) is 0 Å². The van der Waals surface area contributed by atoms with Gasteiger partial charge in [-0.1, -0.05) is 0 Å². The first-order valence-corrected chi connectivity index (χ1v) is 5.55. The highest BCUT2D eigenvalue weighted by Gasteiger charge is 1.91. The maximum Gasteiger partial charge on any atom is 0.0701 e. The van der Waals surface area contributed by atoms with Gasteiger partial charge in [0.15, 0.2) is 0 Å². The van der Waals surface area contributed by atoms with Gasteiger partial charge in [-0.05, 0) is 25.9 Å². The minimum atomic E-state index is 0. The molecule has 4 N–H and O–H groups in total. The summed E-state index contributed by atoms with van der Waals surface area (Å²) in [6, 6.07) is 0. The highest BCUT2D eigenvalue weighted by atomic mass is 35.5. The van der Waals surface area contributed by atoms with Crippen LogP contribution in [0.3, 0.4) is 0 Å². The summed E-state index contributed by atoms with van der Waals surface area (Å²) < 4.78 is 15.8. The van der Waals surface area contributed by atoms with Crippen LogP contribution in [0.1, 0.15) is 12.8 Å². The van der Waals surface area contributed by atoms with Gasteiger partial charge in [0.25, 0.3) is 0 Å². The first-order valence-electron chi connectivity index (χ1n) is 5.55. The molecular formula is C10H26Cl2N2O3. The monoisotopic (exact) mass is 292 g/mol. The molecule has 0 aliphatic carbocycles. The minimum absolute atomic E-state index is 0. The average molecular weight is 293 g/mol. The predicted octanol–water partition coefficient (Wildman–Crippen LogP) is 0.577. The van der Waals surface area contributed by atoms with Crippen LogP contribution in [-0.4, -0.2) is 52.7 Å². The summed E-state index contributed by atoms with van der Waals surface area (Å²) in [7, 11) is 0. The molecular weight excluding hydrogens is 267 g/mol. The third kappa shape index (κ3) is 22.1. The molecule has 0 aliphatic rings. The molecule has 0 aromatic carbocycles. The Bertz CT molecular complexity index is 112. The molecule has 17 heavy (non-hydrogen) atoms. The molecule has 0 saturated carbocycles. The van der Waals surface area contributed by atoms with Crippen molar-refractivity contribution in [3.63, 3.8) is 0 Å². The van der Waals surface area contributed by atoms with Crippen molar-refractivity contribution in [2.75, 3.05) is 52.7 Å². The Morgan fingerprint density at radius 3 is 1.12 bits per heavy atom. The Morgan fingerprint density at radius 2 is 0.824 bits per heavy atom. The predicted molar refractivity (Wildman–Crippen MR) is 74.3 cm³/mol. The molecule has 0 amide bonds. The average Bonchev–Trinajstić information content (AvgIpc) is 2.26. The first-order chi connectivity index (χ1) is 7.41. The van der Waals surface area contributed by atoms with E-state index in [1.165, 1.54) is 0 Å². The zero-order valence-electron chi connectivity index (χ0n) is 10.3. The molecule has 0 spiro atoms. The van der Waals surface area contributed by atoms with Gasteiger partial charge in [0.2, 0.25) is 0 Å². The number of nitrogens with two attached hydrogens (primary N) is 2. The highest BCUT2D eigenvalue weighted by molar-refractivity contribution is 5.85. The van der Waals surface area contributed by atoms with E-state index >= 15 is 0 Å². The van der Waals surface area contributed by atoms with E-state index in [4.69, 9.17) is 25.7 Å². The van der Waals surface area contributed by atoms with Crippen LogP contribution >= 0.6 is 24.8 Å². The van der Waals surface area contributed by atoms with E-state index in [1.807, 2.05) is 0 Å². The number of rotatable bonds is 12. The van der Waals surface area contributed by atoms with Gasteiger partial charge >= 0.3 is 0 Å². The summed E-state index contributed by atoms with van der Waals surface area (Å²) in [4.78, 5) is 0. The fourth-order valence-electron chi connectivity index (χ4n) is 0.913. The third-order valence-corrected chi connectivity index (χ3v) is 1.73. The summed E-state index contributed by atoms with van der Waals surface area (Å²) in [6.07, 6.45) is 1.81. The van der Waals surface area contributed by atoms with Crippen LogP contribution in [-0.2, 0) is 14.2 Å². The Balaban J connectivity index is -0.000000980. The van der Waals surface area contributed by atoms with E-state index in [-0.39, 0.29) is 24.8 Å². The normalized spacial score (nSPS) is 9.53. The number of hydrogen-bond acceptors (Lipinski definition) is 5. The third-order valence-electron chi connectivity index (χ3n) is 1.73. The summed E-state index contributed by atoms with van der Waals surface area (Å²) in [5.41, 5.74) is 10.6. The summed E-state index contributed by atoms with van der Waals surface area (Å²) in [5.74, 6) is 0. The van der Waals surface area contributed by atoms with Crippen molar-refractivity contribution in [2.45, 2.75) is 12.8 Å². The zero-order valence-corrected chi connectivity index (χ0v) is 11.9. The molecule has 0 aromatic rings. The van der Waals surface area contributed by atoms with Crippen LogP contribution in [0.5, 0.6) is 0 Å². The van der Waals surface area contributed by atoms with Gasteiger partial charge < -0.3 is 25.7 Å². The largest absolute Gasteiger partial charge is 0.379 e. The van der Waals surface area contributed by atoms with Gasteiger partial charge in [-0.25, -0.2) is 0 Å². The van der Waals surface area contributed by atoms with Crippen LogP contribution in [0, 0.1) is 0 Å². The molecule has 108 valence electrons. The smallest absolute Gasteiger partial charge is 0.0701 e. The molecule has 0 saturated heterocycles. The standard InChI is InChI=1S/C10H24N2O3.2ClH/c11-3-1-5-13-7-9-15-10-8-14-6-2-4-12;;/h1-12H2;2*1H. The van der Waals surface area contributed by atoms with Gasteiger partial charge in [-0.15, -0.1) is 24.8 Å². The van der Waals surface area contributed by atoms with Crippen molar-refractivity contribution in [3.8, 4) is 0 Å². The second-order valence-electron chi connectivity index (χ2n) is 3.12. The van der Waals surface area contributed by atoms with Crippen LogP contribution in [0.4, 0.5) is 0 Å². The summed E-state index contributed by atoms with van der Waals surface area (Å²) in [6.45, 7) is 5.27. The molecule has 0 atom stereocenters. The number of halogens is 2. The lowest BCUT2D eigenvalue weighted by Crippen LogP contribution is -2.12. The quantitative estimate of drug-likeness (QED) is 0.514. The Kier molecular flexibility index (Phi) is 28.7. The lowest BCUT2D eigenvalue weighted by atomic mass is 10.5. The van der Waals surface area contributed by atoms with E-state index in [1.54, 1.807) is 0 Å². The topological polar surface area (TPSA) is 79.7 Å². The van der Waals surface area contributed by atoms with Crippen LogP contribution in [0.2, 0.25) is 0 Å². The second-order valence-corrected chi connectivity index (χ2v) is 3.12. The second kappa shape index (κ2) is 21.6. The van der Waals surface area contributed by atoms with E-state index in [0.717, 1.165) is 12.8 Å². The van der Waals surface area contributed by atoms with Crippen molar-refractivity contribution in [2.24, 2.45) is 11.5 Å². The molecule has 0 radical (unpaired) electrons. The van der Waals surface area contributed by atoms with Gasteiger partial charge in [0.1, 0.15) is 0 Å². The van der Waals surface area contributed by atoms with Crippen LogP contribution < -0.4 is 11.5 Å². The molecule has 0 aliphatic heterocycles. The number of ether oxygens (including phenoxy) is 3. The van der Waals surface area contributed by atoms with Crippen LogP contribution in [0.15, 0.2) is 0 Å². The van der Waals surface area contributed by atoms with Gasteiger partial charge in [-0.3, -0.25) is 0 Å². The van der Waals surface area contributed by atoms with Crippen molar-refractivity contribution in [3.05, 3.63) is 0 Å². The molecule has 5 nitrogen and oxygen atoms in total. The molecule has 0 bridgehead atoms. The van der Waals surface area contributed by atoms with Gasteiger partial charge in [0, 0.05) is 13.2 Å². The van der Waals surface area contributed by atoms with E-state index in [9.17, 15) is 0 Å². The summed E-state index contributed by atoms with van der Waals surface area (Å²) >= 11 is 0. The lowest BCUT2D eigenvalue weighted by Gasteiger charge is -2.06. The lowest BCUT2D eigenvalue weighted by molar-refractivity contribution is 0.0143. The van der Waals surface area contributed by atoms with Gasteiger partial charge in [-0.2, -0.15) is 0 Å². The molecule has 0 rings (SSSR count). The zero-order chi connectivity index (χ0) is 11.2. The maximum absolute atomic E-state index is 5.31. The summed E-state index contributed by atoms with van der Waals surface area (Å²) in [5, 5.41) is 0. The van der Waals surface area contributed by atoms with Crippen LogP contribution in [0.25, 0.3) is 0 Å². The fraction of sp³-hybridized carbons (Fsp3) is 1.00. The SMILES string of the molecule is Cl.Cl.NCCCOCCOCCOCCCN. The van der Waals surface area contributed by atoms with Gasteiger partial charge in [0.05, 0.1) is 26.4 Å². The molecule has 0 fully saturated rings. The maximum atomic E-state index is 5.31. The van der Waals surface area contributed by atoms with E-state index in [0.29, 0.717) is 52.7 Å². The Morgan fingerprint density at radius 1 is 0.529 bits per heavy atom. The Labute approximate surface area is 116 Å². The first kappa shape index (κ1) is 22.6. The Hall–Kier alpha value is 0.380.